The smallest absolute Gasteiger partial charge is 0.267 e. The molecule has 21 heavy (non-hydrogen) atoms. The van der Waals surface area contributed by atoms with Gasteiger partial charge in [-0.05, 0) is 42.9 Å². The predicted molar refractivity (Wildman–Crippen MR) is 86.0 cm³/mol. The van der Waals surface area contributed by atoms with Crippen LogP contribution in [0.2, 0.25) is 0 Å². The number of fused-ring (bicyclic) bond motifs is 1. The second-order valence-corrected chi connectivity index (χ2v) is 5.16. The average molecular weight is 298 g/mol. The number of H-pyrrole nitrogens is 1. The highest BCUT2D eigenvalue weighted by atomic mass is 32.1. The van der Waals surface area contributed by atoms with Crippen LogP contribution < -0.4 is 10.3 Å². The molecule has 0 radical (unpaired) electrons. The van der Waals surface area contributed by atoms with E-state index in [9.17, 15) is 4.79 Å². The van der Waals surface area contributed by atoms with Gasteiger partial charge in [0.2, 0.25) is 0 Å². The quantitative estimate of drug-likeness (QED) is 0.738. The van der Waals surface area contributed by atoms with E-state index in [0.29, 0.717) is 21.6 Å². The molecule has 0 bridgehead atoms. The van der Waals surface area contributed by atoms with Crippen LogP contribution in [0, 0.1) is 11.7 Å². The topological polar surface area (TPSA) is 47.0 Å². The van der Waals surface area contributed by atoms with Crippen LogP contribution in [0.5, 0.6) is 5.75 Å². The highest BCUT2D eigenvalue weighted by Gasteiger charge is 2.09. The first-order valence-corrected chi connectivity index (χ1v) is 6.92. The van der Waals surface area contributed by atoms with E-state index in [1.165, 1.54) is 4.57 Å². The number of hydrogen-bond donors (Lipinski definition) is 1. The largest absolute Gasteiger partial charge is 0.497 e. The number of nitrogens with one attached hydrogen (secondary N) is 1. The Balaban J connectivity index is 2.40. The Bertz CT molecular complexity index is 941. The molecule has 0 aliphatic rings. The summed E-state index contributed by atoms with van der Waals surface area (Å²) in [6.07, 6.45) is 0. The molecule has 1 N–H and O–H groups in total. The Morgan fingerprint density at radius 1 is 1.19 bits per heavy atom. The van der Waals surface area contributed by atoms with Crippen LogP contribution in [0.4, 0.5) is 0 Å². The van der Waals surface area contributed by atoms with Gasteiger partial charge in [0, 0.05) is 6.07 Å². The Kier molecular flexibility index (Phi) is 3.35. The van der Waals surface area contributed by atoms with E-state index < -0.39 is 0 Å². The van der Waals surface area contributed by atoms with Gasteiger partial charge < -0.3 is 9.72 Å². The summed E-state index contributed by atoms with van der Waals surface area (Å²) in [4.78, 5) is 15.9. The number of hydrogen-bond acceptors (Lipinski definition) is 3. The van der Waals surface area contributed by atoms with Gasteiger partial charge in [-0.25, -0.2) is 0 Å². The van der Waals surface area contributed by atoms with Gasteiger partial charge in [0.25, 0.3) is 5.56 Å². The van der Waals surface area contributed by atoms with Gasteiger partial charge in [0.15, 0.2) is 4.77 Å². The molecule has 0 amide bonds. The van der Waals surface area contributed by atoms with E-state index in [0.717, 1.165) is 11.1 Å². The lowest BCUT2D eigenvalue weighted by Gasteiger charge is -2.10. The van der Waals surface area contributed by atoms with Gasteiger partial charge in [-0.3, -0.25) is 9.36 Å². The molecule has 1 aromatic heterocycles. The van der Waals surface area contributed by atoms with Crippen LogP contribution in [-0.4, -0.2) is 16.7 Å². The molecule has 3 aromatic rings. The first kappa shape index (κ1) is 13.6. The molecule has 4 nitrogen and oxygen atoms in total. The van der Waals surface area contributed by atoms with Crippen molar-refractivity contribution in [3.05, 3.63) is 63.2 Å². The predicted octanol–water partition coefficient (Wildman–Crippen LogP) is 3.37. The molecule has 0 aliphatic heterocycles. The standard InChI is InChI=1S/C16H14N2O2S/c1-10-5-3-8-13-14(10)15(19)18(16(21)17-13)11-6-4-7-12(9-11)20-2/h3-9H,1-2H3,(H,17,21). The lowest BCUT2D eigenvalue weighted by molar-refractivity contribution is 0.414. The molecule has 0 aliphatic carbocycles. The second-order valence-electron chi connectivity index (χ2n) is 4.77. The van der Waals surface area contributed by atoms with Crippen LogP contribution in [-0.2, 0) is 0 Å². The van der Waals surface area contributed by atoms with Crippen molar-refractivity contribution in [2.45, 2.75) is 6.92 Å². The minimum Gasteiger partial charge on any atom is -0.497 e. The maximum Gasteiger partial charge on any atom is 0.267 e. The Labute approximate surface area is 126 Å². The summed E-state index contributed by atoms with van der Waals surface area (Å²) in [6, 6.07) is 12.9. The number of ether oxygens (including phenoxy) is 1. The molecule has 2 aromatic carbocycles. The van der Waals surface area contributed by atoms with Gasteiger partial charge in [0.05, 0.1) is 23.7 Å². The van der Waals surface area contributed by atoms with Crippen LogP contribution >= 0.6 is 12.2 Å². The van der Waals surface area contributed by atoms with Crippen LogP contribution in [0.25, 0.3) is 16.6 Å². The summed E-state index contributed by atoms with van der Waals surface area (Å²) in [5.74, 6) is 0.679. The van der Waals surface area contributed by atoms with Crippen molar-refractivity contribution in [1.82, 2.24) is 9.55 Å². The number of aromatic nitrogens is 2. The fraction of sp³-hybridized carbons (Fsp3) is 0.125. The number of nitrogens with zero attached hydrogens (tertiary/aromatic N) is 1. The summed E-state index contributed by atoms with van der Waals surface area (Å²) >= 11 is 5.34. The molecular weight excluding hydrogens is 284 g/mol. The van der Waals surface area contributed by atoms with Gasteiger partial charge in [-0.1, -0.05) is 18.2 Å². The molecule has 0 spiro atoms. The van der Waals surface area contributed by atoms with Crippen LogP contribution in [0.1, 0.15) is 5.56 Å². The molecule has 3 rings (SSSR count). The minimum atomic E-state index is -0.125. The maximum absolute atomic E-state index is 12.8. The third kappa shape index (κ3) is 2.25. The number of aryl methyl sites for hydroxylation is 1. The molecule has 0 saturated carbocycles. The summed E-state index contributed by atoms with van der Waals surface area (Å²) in [5.41, 5.74) is 2.23. The summed E-state index contributed by atoms with van der Waals surface area (Å²) < 4.78 is 7.07. The Morgan fingerprint density at radius 3 is 2.71 bits per heavy atom. The van der Waals surface area contributed by atoms with Gasteiger partial charge >= 0.3 is 0 Å². The third-order valence-electron chi connectivity index (χ3n) is 3.45. The zero-order chi connectivity index (χ0) is 15.0. The lowest BCUT2D eigenvalue weighted by Crippen LogP contribution is -2.21. The van der Waals surface area contributed by atoms with Crippen molar-refractivity contribution in [3.8, 4) is 11.4 Å². The van der Waals surface area contributed by atoms with E-state index in [1.54, 1.807) is 13.2 Å². The molecule has 0 fully saturated rings. The van der Waals surface area contributed by atoms with Crippen molar-refractivity contribution < 1.29 is 4.74 Å². The van der Waals surface area contributed by atoms with Crippen molar-refractivity contribution in [1.29, 1.82) is 0 Å². The highest BCUT2D eigenvalue weighted by Crippen LogP contribution is 2.18. The summed E-state index contributed by atoms with van der Waals surface area (Å²) in [6.45, 7) is 1.91. The first-order chi connectivity index (χ1) is 10.1. The SMILES string of the molecule is COc1cccc(-n2c(=S)[nH]c3cccc(C)c3c2=O)c1. The highest BCUT2D eigenvalue weighted by molar-refractivity contribution is 7.71. The number of benzene rings is 2. The molecule has 106 valence electrons. The zero-order valence-corrected chi connectivity index (χ0v) is 12.5. The normalized spacial score (nSPS) is 10.8. The fourth-order valence-electron chi connectivity index (χ4n) is 2.42. The summed E-state index contributed by atoms with van der Waals surface area (Å²) in [5, 5.41) is 0.647. The Morgan fingerprint density at radius 2 is 1.95 bits per heavy atom. The van der Waals surface area contributed by atoms with Crippen LogP contribution in [0.3, 0.4) is 0 Å². The monoisotopic (exact) mass is 298 g/mol. The molecule has 5 heteroatoms. The second kappa shape index (κ2) is 5.18. The molecule has 1 heterocycles. The molecule has 0 unspecified atom stereocenters. The van der Waals surface area contributed by atoms with Gasteiger partial charge in [-0.2, -0.15) is 0 Å². The van der Waals surface area contributed by atoms with E-state index in [1.807, 2.05) is 43.3 Å². The van der Waals surface area contributed by atoms with Crippen molar-refractivity contribution >= 4 is 23.1 Å². The van der Waals surface area contributed by atoms with Gasteiger partial charge in [-0.15, -0.1) is 0 Å². The number of aromatic amines is 1. The van der Waals surface area contributed by atoms with E-state index >= 15 is 0 Å². The Hall–Kier alpha value is -2.40. The number of methoxy groups -OCH3 is 1. The fourth-order valence-corrected chi connectivity index (χ4v) is 2.71. The van der Waals surface area contributed by atoms with E-state index in [-0.39, 0.29) is 5.56 Å². The van der Waals surface area contributed by atoms with Gasteiger partial charge in [0.1, 0.15) is 5.75 Å². The zero-order valence-electron chi connectivity index (χ0n) is 11.7. The molecule has 0 saturated heterocycles. The van der Waals surface area contributed by atoms with E-state index in [2.05, 4.69) is 4.98 Å². The third-order valence-corrected chi connectivity index (χ3v) is 3.73. The first-order valence-electron chi connectivity index (χ1n) is 6.51. The maximum atomic E-state index is 12.8. The van der Waals surface area contributed by atoms with Crippen molar-refractivity contribution in [3.63, 3.8) is 0 Å². The number of rotatable bonds is 2. The summed E-state index contributed by atoms with van der Waals surface area (Å²) in [7, 11) is 1.59. The molecular formula is C16H14N2O2S. The molecule has 0 atom stereocenters. The van der Waals surface area contributed by atoms with E-state index in [4.69, 9.17) is 17.0 Å². The lowest BCUT2D eigenvalue weighted by atomic mass is 10.1. The average Bonchev–Trinajstić information content (AvgIpc) is 2.47. The van der Waals surface area contributed by atoms with Crippen LogP contribution in [0.15, 0.2) is 47.3 Å². The van der Waals surface area contributed by atoms with Crippen molar-refractivity contribution in [2.75, 3.05) is 7.11 Å². The van der Waals surface area contributed by atoms with Crippen molar-refractivity contribution in [2.24, 2.45) is 0 Å². The minimum absolute atomic E-state index is 0.125.